The number of ether oxygens (including phenoxy) is 1. The van der Waals surface area contributed by atoms with Crippen LogP contribution in [-0.2, 0) is 4.79 Å². The normalized spacial score (nSPS) is 16.6. The summed E-state index contributed by atoms with van der Waals surface area (Å²) < 4.78 is 5.32. The van der Waals surface area contributed by atoms with E-state index in [9.17, 15) is 9.90 Å². The highest BCUT2D eigenvalue weighted by Crippen LogP contribution is 2.41. The van der Waals surface area contributed by atoms with Gasteiger partial charge in [0.05, 0.1) is 12.5 Å². The fraction of sp³-hybridized carbons (Fsp3) is 0.533. The first-order valence-electron chi connectivity index (χ1n) is 6.61. The Morgan fingerprint density at radius 3 is 2.32 bits per heavy atom. The Hall–Kier alpha value is -1.71. The lowest BCUT2D eigenvalue weighted by Gasteiger charge is -2.38. The molecule has 0 heterocycles. The molecule has 1 aromatic rings. The third-order valence-electron chi connectivity index (χ3n) is 4.06. The molecule has 2 N–H and O–H groups in total. The first-order chi connectivity index (χ1) is 8.98. The van der Waals surface area contributed by atoms with E-state index >= 15 is 0 Å². The Balaban J connectivity index is 2.10. The first kappa shape index (κ1) is 13.7. The minimum absolute atomic E-state index is 0.494. The topological polar surface area (TPSA) is 58.6 Å². The van der Waals surface area contributed by atoms with Gasteiger partial charge in [-0.3, -0.25) is 4.79 Å². The highest BCUT2D eigenvalue weighted by molar-refractivity contribution is 5.76. The molecule has 0 bridgehead atoms. The zero-order chi connectivity index (χ0) is 14.0. The fourth-order valence-electron chi connectivity index (χ4n) is 2.72. The molecule has 1 aliphatic carbocycles. The van der Waals surface area contributed by atoms with Crippen LogP contribution in [0.5, 0.6) is 5.75 Å². The van der Waals surface area contributed by atoms with Gasteiger partial charge in [-0.2, -0.15) is 0 Å². The summed E-state index contributed by atoms with van der Waals surface area (Å²) in [6.07, 6.45) is 2.54. The van der Waals surface area contributed by atoms with Gasteiger partial charge in [-0.1, -0.05) is 6.42 Å². The first-order valence-corrected chi connectivity index (χ1v) is 6.61. The van der Waals surface area contributed by atoms with Crippen molar-refractivity contribution in [3.05, 3.63) is 23.3 Å². The quantitative estimate of drug-likeness (QED) is 0.857. The predicted octanol–water partition coefficient (Wildman–Crippen LogP) is 2.98. The molecule has 19 heavy (non-hydrogen) atoms. The molecule has 1 aliphatic rings. The van der Waals surface area contributed by atoms with Crippen LogP contribution in [0.25, 0.3) is 0 Å². The van der Waals surface area contributed by atoms with E-state index in [1.165, 1.54) is 0 Å². The van der Waals surface area contributed by atoms with E-state index < -0.39 is 11.4 Å². The molecule has 4 nitrogen and oxygen atoms in total. The van der Waals surface area contributed by atoms with Crippen LogP contribution < -0.4 is 10.1 Å². The van der Waals surface area contributed by atoms with Crippen molar-refractivity contribution in [2.24, 2.45) is 5.41 Å². The van der Waals surface area contributed by atoms with Crippen LogP contribution in [0.2, 0.25) is 0 Å². The van der Waals surface area contributed by atoms with Crippen LogP contribution in [-0.4, -0.2) is 24.7 Å². The molecular formula is C15H21NO3. The second kappa shape index (κ2) is 5.11. The molecule has 0 spiro atoms. The molecule has 0 aromatic heterocycles. The number of carboxylic acid groups (broad SMARTS) is 1. The van der Waals surface area contributed by atoms with E-state index in [1.54, 1.807) is 7.11 Å². The van der Waals surface area contributed by atoms with Crippen LogP contribution in [0.4, 0.5) is 5.69 Å². The predicted molar refractivity (Wildman–Crippen MR) is 74.9 cm³/mol. The third kappa shape index (κ3) is 2.53. The molecule has 0 aliphatic heterocycles. The zero-order valence-electron chi connectivity index (χ0n) is 11.7. The molecule has 4 heteroatoms. The molecule has 0 amide bonds. The zero-order valence-corrected chi connectivity index (χ0v) is 11.7. The largest absolute Gasteiger partial charge is 0.496 e. The summed E-state index contributed by atoms with van der Waals surface area (Å²) in [6, 6.07) is 4.00. The minimum Gasteiger partial charge on any atom is -0.496 e. The number of hydrogen-bond donors (Lipinski definition) is 2. The number of hydrogen-bond acceptors (Lipinski definition) is 3. The smallest absolute Gasteiger partial charge is 0.311 e. The maximum atomic E-state index is 11.3. The molecule has 1 saturated carbocycles. The number of aliphatic carboxylic acids is 1. The van der Waals surface area contributed by atoms with Crippen molar-refractivity contribution in [1.82, 2.24) is 0 Å². The van der Waals surface area contributed by atoms with Crippen molar-refractivity contribution in [1.29, 1.82) is 0 Å². The Labute approximate surface area is 113 Å². The van der Waals surface area contributed by atoms with Gasteiger partial charge in [-0.25, -0.2) is 0 Å². The van der Waals surface area contributed by atoms with Crippen LogP contribution in [0.15, 0.2) is 12.1 Å². The standard InChI is InChI=1S/C15H21NO3/c1-10-7-12(8-11(2)13(10)19-3)16-9-15(14(17)18)5-4-6-15/h7-8,16H,4-6,9H2,1-3H3,(H,17,18). The Morgan fingerprint density at radius 1 is 1.37 bits per heavy atom. The van der Waals surface area contributed by atoms with Gasteiger partial charge < -0.3 is 15.2 Å². The van der Waals surface area contributed by atoms with E-state index in [4.69, 9.17) is 4.74 Å². The minimum atomic E-state index is -0.687. The monoisotopic (exact) mass is 263 g/mol. The van der Waals surface area contributed by atoms with E-state index in [0.29, 0.717) is 6.54 Å². The Bertz CT molecular complexity index is 469. The molecule has 0 atom stereocenters. The van der Waals surface area contributed by atoms with Crippen molar-refractivity contribution in [3.8, 4) is 5.75 Å². The van der Waals surface area contributed by atoms with Crippen molar-refractivity contribution in [2.75, 3.05) is 19.0 Å². The van der Waals surface area contributed by atoms with E-state index in [0.717, 1.165) is 41.8 Å². The van der Waals surface area contributed by atoms with Crippen molar-refractivity contribution in [2.45, 2.75) is 33.1 Å². The van der Waals surface area contributed by atoms with Gasteiger partial charge in [-0.05, 0) is 49.9 Å². The summed E-state index contributed by atoms with van der Waals surface area (Å²) in [4.78, 5) is 11.3. The highest BCUT2D eigenvalue weighted by atomic mass is 16.5. The summed E-state index contributed by atoms with van der Waals surface area (Å²) in [6.45, 7) is 4.48. The maximum Gasteiger partial charge on any atom is 0.311 e. The Kier molecular flexibility index (Phi) is 3.69. The molecule has 1 aromatic carbocycles. The maximum absolute atomic E-state index is 11.3. The van der Waals surface area contributed by atoms with Gasteiger partial charge in [0.25, 0.3) is 0 Å². The van der Waals surface area contributed by atoms with Crippen LogP contribution in [0.3, 0.4) is 0 Å². The van der Waals surface area contributed by atoms with Crippen molar-refractivity contribution < 1.29 is 14.6 Å². The van der Waals surface area contributed by atoms with E-state index in [1.807, 2.05) is 26.0 Å². The molecular weight excluding hydrogens is 242 g/mol. The van der Waals surface area contributed by atoms with Crippen molar-refractivity contribution >= 4 is 11.7 Å². The average Bonchev–Trinajstić information content (AvgIpc) is 2.26. The van der Waals surface area contributed by atoms with Gasteiger partial charge in [0.2, 0.25) is 0 Å². The van der Waals surface area contributed by atoms with Crippen molar-refractivity contribution in [3.63, 3.8) is 0 Å². The number of benzene rings is 1. The number of methoxy groups -OCH3 is 1. The number of anilines is 1. The number of carbonyl (C=O) groups is 1. The van der Waals surface area contributed by atoms with Crippen LogP contribution in [0, 0.1) is 19.3 Å². The summed E-state index contributed by atoms with van der Waals surface area (Å²) in [5, 5.41) is 12.6. The van der Waals surface area contributed by atoms with Gasteiger partial charge in [0, 0.05) is 12.2 Å². The highest BCUT2D eigenvalue weighted by Gasteiger charge is 2.44. The number of rotatable bonds is 5. The summed E-state index contributed by atoms with van der Waals surface area (Å²) >= 11 is 0. The SMILES string of the molecule is COc1c(C)cc(NCC2(C(=O)O)CCC2)cc1C. The summed E-state index contributed by atoms with van der Waals surface area (Å²) in [7, 11) is 1.66. The molecule has 2 rings (SSSR count). The van der Waals surface area contributed by atoms with Crippen LogP contribution in [0.1, 0.15) is 30.4 Å². The third-order valence-corrected chi connectivity index (χ3v) is 4.06. The van der Waals surface area contributed by atoms with Gasteiger partial charge in [0.1, 0.15) is 5.75 Å². The number of aryl methyl sites for hydroxylation is 2. The second-order valence-corrected chi connectivity index (χ2v) is 5.44. The lowest BCUT2D eigenvalue weighted by atomic mass is 9.69. The molecule has 0 unspecified atom stereocenters. The summed E-state index contributed by atoms with van der Waals surface area (Å²) in [5.41, 5.74) is 2.51. The van der Waals surface area contributed by atoms with Gasteiger partial charge in [0.15, 0.2) is 0 Å². The molecule has 0 radical (unpaired) electrons. The second-order valence-electron chi connectivity index (χ2n) is 5.44. The Morgan fingerprint density at radius 2 is 1.95 bits per heavy atom. The van der Waals surface area contributed by atoms with Crippen LogP contribution >= 0.6 is 0 Å². The molecule has 1 fully saturated rings. The van der Waals surface area contributed by atoms with E-state index in [2.05, 4.69) is 5.32 Å². The lowest BCUT2D eigenvalue weighted by molar-refractivity contribution is -0.153. The number of carboxylic acids is 1. The average molecular weight is 263 g/mol. The van der Waals surface area contributed by atoms with Gasteiger partial charge in [-0.15, -0.1) is 0 Å². The molecule has 104 valence electrons. The summed E-state index contributed by atoms with van der Waals surface area (Å²) in [5.74, 6) is 0.204. The number of nitrogens with one attached hydrogen (secondary N) is 1. The fourth-order valence-corrected chi connectivity index (χ4v) is 2.72. The lowest BCUT2D eigenvalue weighted by Crippen LogP contribution is -2.43. The van der Waals surface area contributed by atoms with E-state index in [-0.39, 0.29) is 0 Å². The van der Waals surface area contributed by atoms with Gasteiger partial charge >= 0.3 is 5.97 Å². The molecule has 0 saturated heterocycles.